The number of anilines is 1. The van der Waals surface area contributed by atoms with E-state index in [0.717, 1.165) is 17.2 Å². The smallest absolute Gasteiger partial charge is 0.270 e. The molecule has 3 aromatic rings. The van der Waals surface area contributed by atoms with E-state index in [4.69, 9.17) is 4.74 Å². The Morgan fingerprint density at radius 3 is 2.38 bits per heavy atom. The van der Waals surface area contributed by atoms with E-state index >= 15 is 0 Å². The Kier molecular flexibility index (Phi) is 6.72. The predicted octanol–water partition coefficient (Wildman–Crippen LogP) is 5.01. The van der Waals surface area contributed by atoms with Crippen LogP contribution >= 0.6 is 0 Å². The van der Waals surface area contributed by atoms with Gasteiger partial charge in [0.2, 0.25) is 5.91 Å². The highest BCUT2D eigenvalue weighted by Crippen LogP contribution is 2.28. The summed E-state index contributed by atoms with van der Waals surface area (Å²) in [6, 6.07) is 14.6. The van der Waals surface area contributed by atoms with Crippen LogP contribution in [0.1, 0.15) is 39.3 Å². The first-order valence-electron chi connectivity index (χ1n) is 10.2. The Balaban J connectivity index is 1.82. The maximum atomic E-state index is 13.4. The van der Waals surface area contributed by atoms with Crippen LogP contribution in [0.4, 0.5) is 14.5 Å². The van der Waals surface area contributed by atoms with Crippen molar-refractivity contribution in [2.24, 2.45) is 0 Å². The van der Waals surface area contributed by atoms with Crippen LogP contribution in [-0.4, -0.2) is 21.8 Å². The first kappa shape index (κ1) is 23.1. The fourth-order valence-corrected chi connectivity index (χ4v) is 3.06. The summed E-state index contributed by atoms with van der Waals surface area (Å²) in [7, 11) is 0. The number of carbonyl (C=O) groups excluding carboxylic acids is 1. The van der Waals surface area contributed by atoms with Gasteiger partial charge in [-0.1, -0.05) is 24.3 Å². The van der Waals surface area contributed by atoms with Gasteiger partial charge in [-0.3, -0.25) is 9.59 Å². The van der Waals surface area contributed by atoms with Crippen LogP contribution in [-0.2, 0) is 10.7 Å². The van der Waals surface area contributed by atoms with E-state index in [9.17, 15) is 18.4 Å². The minimum Gasteiger partial charge on any atom is -0.491 e. The van der Waals surface area contributed by atoms with E-state index in [-0.39, 0.29) is 11.7 Å². The summed E-state index contributed by atoms with van der Waals surface area (Å²) in [5.74, 6) is -2.79. The van der Waals surface area contributed by atoms with E-state index in [1.54, 1.807) is 13.0 Å². The van der Waals surface area contributed by atoms with Crippen LogP contribution in [0.3, 0.4) is 0 Å². The van der Waals surface area contributed by atoms with Crippen molar-refractivity contribution >= 4 is 11.6 Å². The zero-order chi connectivity index (χ0) is 23.5. The van der Waals surface area contributed by atoms with Crippen LogP contribution in [0.25, 0.3) is 11.3 Å². The number of nitrogens with zero attached hydrogens (tertiary/aromatic N) is 2. The van der Waals surface area contributed by atoms with Crippen molar-refractivity contribution in [3.05, 3.63) is 76.6 Å². The van der Waals surface area contributed by atoms with E-state index in [0.29, 0.717) is 17.1 Å². The summed E-state index contributed by atoms with van der Waals surface area (Å²) in [5, 5.41) is 6.99. The molecule has 1 amide bonds. The molecule has 0 radical (unpaired) electrons. The molecular formula is C24H25F2N3O3. The third kappa shape index (κ3) is 5.57. The lowest BCUT2D eigenvalue weighted by Gasteiger charge is -2.16. The first-order valence-corrected chi connectivity index (χ1v) is 10.2. The summed E-state index contributed by atoms with van der Waals surface area (Å²) in [6.45, 7) is 6.19. The van der Waals surface area contributed by atoms with Gasteiger partial charge in [0.25, 0.3) is 11.5 Å². The molecule has 0 bridgehead atoms. The van der Waals surface area contributed by atoms with Crippen LogP contribution in [0.15, 0.2) is 65.5 Å². The van der Waals surface area contributed by atoms with Gasteiger partial charge >= 0.3 is 0 Å². The number of rotatable bonds is 7. The van der Waals surface area contributed by atoms with Crippen molar-refractivity contribution < 1.29 is 18.3 Å². The molecule has 1 unspecified atom stereocenters. The van der Waals surface area contributed by atoms with Crippen LogP contribution < -0.4 is 15.6 Å². The van der Waals surface area contributed by atoms with Crippen molar-refractivity contribution in [1.29, 1.82) is 0 Å². The number of carbonyl (C=O) groups is 1. The lowest BCUT2D eigenvalue weighted by molar-refractivity contribution is -0.119. The Morgan fingerprint density at radius 1 is 1.06 bits per heavy atom. The second-order valence-corrected chi connectivity index (χ2v) is 7.83. The molecule has 1 heterocycles. The largest absolute Gasteiger partial charge is 0.491 e. The SMILES string of the molecule is CC(C)Oc1cccc(-c2ccc(=O)n(C(C)C(=O)Nc3ccc(C(C)(F)F)cc3)n2)c1. The lowest BCUT2D eigenvalue weighted by atomic mass is 10.1. The Labute approximate surface area is 184 Å². The lowest BCUT2D eigenvalue weighted by Crippen LogP contribution is -2.33. The predicted molar refractivity (Wildman–Crippen MR) is 119 cm³/mol. The van der Waals surface area contributed by atoms with Gasteiger partial charge < -0.3 is 10.1 Å². The topological polar surface area (TPSA) is 73.2 Å². The average molecular weight is 441 g/mol. The van der Waals surface area contributed by atoms with Crippen molar-refractivity contribution in [2.75, 3.05) is 5.32 Å². The van der Waals surface area contributed by atoms with Crippen molar-refractivity contribution in [3.8, 4) is 17.0 Å². The van der Waals surface area contributed by atoms with Gasteiger partial charge in [0, 0.05) is 29.8 Å². The Hall–Kier alpha value is -3.55. The minimum atomic E-state index is -2.97. The summed E-state index contributed by atoms with van der Waals surface area (Å²) >= 11 is 0. The van der Waals surface area contributed by atoms with Crippen molar-refractivity contribution in [3.63, 3.8) is 0 Å². The number of hydrogen-bond acceptors (Lipinski definition) is 4. The highest BCUT2D eigenvalue weighted by atomic mass is 19.3. The van der Waals surface area contributed by atoms with Gasteiger partial charge in [0.15, 0.2) is 0 Å². The molecule has 1 aromatic heterocycles. The van der Waals surface area contributed by atoms with Gasteiger partial charge in [-0.05, 0) is 51.1 Å². The minimum absolute atomic E-state index is 0.00787. The van der Waals surface area contributed by atoms with Crippen LogP contribution in [0, 0.1) is 0 Å². The quantitative estimate of drug-likeness (QED) is 0.560. The molecule has 0 saturated carbocycles. The average Bonchev–Trinajstić information content (AvgIpc) is 2.73. The van der Waals surface area contributed by atoms with Gasteiger partial charge in [-0.25, -0.2) is 13.5 Å². The second kappa shape index (κ2) is 9.30. The maximum absolute atomic E-state index is 13.4. The fourth-order valence-electron chi connectivity index (χ4n) is 3.06. The van der Waals surface area contributed by atoms with Crippen molar-refractivity contribution in [2.45, 2.75) is 45.8 Å². The normalized spacial score (nSPS) is 12.5. The number of benzene rings is 2. The highest BCUT2D eigenvalue weighted by Gasteiger charge is 2.24. The number of hydrogen-bond donors (Lipinski definition) is 1. The second-order valence-electron chi connectivity index (χ2n) is 7.83. The summed E-state index contributed by atoms with van der Waals surface area (Å²) in [4.78, 5) is 25.1. The monoisotopic (exact) mass is 441 g/mol. The molecule has 8 heteroatoms. The van der Waals surface area contributed by atoms with Crippen molar-refractivity contribution in [1.82, 2.24) is 9.78 Å². The Bertz CT molecular complexity index is 1150. The maximum Gasteiger partial charge on any atom is 0.270 e. The third-order valence-corrected chi connectivity index (χ3v) is 4.73. The molecule has 6 nitrogen and oxygen atoms in total. The number of halogens is 2. The number of aromatic nitrogens is 2. The molecule has 3 rings (SSSR count). The first-order chi connectivity index (χ1) is 15.0. The molecule has 0 aliphatic rings. The van der Waals surface area contributed by atoms with Gasteiger partial charge in [-0.2, -0.15) is 5.10 Å². The fraction of sp³-hybridized carbons (Fsp3) is 0.292. The van der Waals surface area contributed by atoms with Gasteiger partial charge in [-0.15, -0.1) is 0 Å². The standard InChI is InChI=1S/C24H25F2N3O3/c1-15(2)32-20-7-5-6-17(14-20)21-12-13-22(30)29(28-21)16(3)23(31)27-19-10-8-18(9-11-19)24(4,25)26/h5-16H,1-4H3,(H,27,31). The van der Waals surface area contributed by atoms with E-state index in [2.05, 4.69) is 10.4 Å². The summed E-state index contributed by atoms with van der Waals surface area (Å²) in [6.07, 6.45) is 0.00787. The molecule has 1 atom stereocenters. The Morgan fingerprint density at radius 2 is 1.75 bits per heavy atom. The molecule has 168 valence electrons. The van der Waals surface area contributed by atoms with E-state index in [1.807, 2.05) is 38.1 Å². The zero-order valence-corrected chi connectivity index (χ0v) is 18.3. The molecule has 32 heavy (non-hydrogen) atoms. The van der Waals surface area contributed by atoms with Crippen LogP contribution in [0.2, 0.25) is 0 Å². The van der Waals surface area contributed by atoms with Crippen LogP contribution in [0.5, 0.6) is 5.75 Å². The zero-order valence-electron chi connectivity index (χ0n) is 18.3. The summed E-state index contributed by atoms with van der Waals surface area (Å²) in [5.41, 5.74) is 0.996. The summed E-state index contributed by atoms with van der Waals surface area (Å²) < 4.78 is 33.5. The molecular weight excluding hydrogens is 416 g/mol. The van der Waals surface area contributed by atoms with Gasteiger partial charge in [0.1, 0.15) is 11.8 Å². The number of alkyl halides is 2. The molecule has 0 fully saturated rings. The van der Waals surface area contributed by atoms with Gasteiger partial charge in [0.05, 0.1) is 11.8 Å². The van der Waals surface area contributed by atoms with E-state index < -0.39 is 23.4 Å². The highest BCUT2D eigenvalue weighted by molar-refractivity contribution is 5.93. The molecule has 0 saturated heterocycles. The van der Waals surface area contributed by atoms with E-state index in [1.165, 1.54) is 30.3 Å². The molecule has 1 N–H and O–H groups in total. The molecule has 0 aliphatic carbocycles. The molecule has 0 aliphatic heterocycles. The molecule has 0 spiro atoms. The third-order valence-electron chi connectivity index (χ3n) is 4.73. The molecule has 2 aromatic carbocycles. The number of nitrogens with one attached hydrogen (secondary N) is 1. The number of ether oxygens (including phenoxy) is 1. The number of amides is 1.